The van der Waals surface area contributed by atoms with Gasteiger partial charge in [0.05, 0.1) is 6.42 Å². The number of anilines is 1. The summed E-state index contributed by atoms with van der Waals surface area (Å²) >= 11 is 0. The first-order valence-corrected chi connectivity index (χ1v) is 7.03. The minimum absolute atomic E-state index is 0.00262. The average Bonchev–Trinajstić information content (AvgIpc) is 3.06. The van der Waals surface area contributed by atoms with E-state index in [4.69, 9.17) is 0 Å². The van der Waals surface area contributed by atoms with Gasteiger partial charge in [-0.3, -0.25) is 15.2 Å². The van der Waals surface area contributed by atoms with Gasteiger partial charge < -0.3 is 9.67 Å². The Hall–Kier alpha value is -2.43. The number of imidazole rings is 1. The molecule has 0 aliphatic rings. The van der Waals surface area contributed by atoms with Crippen LogP contribution in [-0.2, 0) is 17.4 Å². The molecule has 132 valence electrons. The Bertz CT molecular complexity index is 723. The summed E-state index contributed by atoms with van der Waals surface area (Å²) in [5.41, 5.74) is -3.42. The molecule has 1 atom stereocenters. The number of halogens is 3. The number of nitrogens with zero attached hydrogens (tertiary/aromatic N) is 4. The highest BCUT2D eigenvalue weighted by Gasteiger charge is 2.58. The van der Waals surface area contributed by atoms with E-state index in [-0.39, 0.29) is 11.9 Å². The van der Waals surface area contributed by atoms with Crippen molar-refractivity contribution in [3.8, 4) is 0 Å². The first kappa shape index (κ1) is 17.9. The lowest BCUT2D eigenvalue weighted by atomic mass is 9.97. The van der Waals surface area contributed by atoms with E-state index in [1.165, 1.54) is 13.2 Å². The molecule has 24 heavy (non-hydrogen) atoms. The molecule has 8 nitrogen and oxygen atoms in total. The molecule has 0 saturated heterocycles. The van der Waals surface area contributed by atoms with Gasteiger partial charge >= 0.3 is 6.18 Å². The van der Waals surface area contributed by atoms with Crippen molar-refractivity contribution in [2.45, 2.75) is 38.0 Å². The van der Waals surface area contributed by atoms with E-state index >= 15 is 0 Å². The number of amides is 1. The molecular formula is C13H17F3N6O2. The van der Waals surface area contributed by atoms with Crippen LogP contribution in [0.3, 0.4) is 0 Å². The van der Waals surface area contributed by atoms with Gasteiger partial charge in [0.25, 0.3) is 0 Å². The first-order chi connectivity index (χ1) is 11.0. The van der Waals surface area contributed by atoms with Gasteiger partial charge in [-0.25, -0.2) is 4.98 Å². The summed E-state index contributed by atoms with van der Waals surface area (Å²) in [5, 5.41) is 18.5. The van der Waals surface area contributed by atoms with Gasteiger partial charge in [-0.2, -0.15) is 18.2 Å². The fourth-order valence-electron chi connectivity index (χ4n) is 2.06. The molecule has 0 bridgehead atoms. The molecule has 0 fully saturated rings. The van der Waals surface area contributed by atoms with Gasteiger partial charge in [-0.05, 0) is 0 Å². The van der Waals surface area contributed by atoms with Gasteiger partial charge in [0.1, 0.15) is 5.82 Å². The number of aryl methyl sites for hydroxylation is 1. The maximum absolute atomic E-state index is 13.3. The Morgan fingerprint density at radius 3 is 2.58 bits per heavy atom. The van der Waals surface area contributed by atoms with Crippen molar-refractivity contribution >= 4 is 11.9 Å². The Morgan fingerprint density at radius 1 is 1.46 bits per heavy atom. The summed E-state index contributed by atoms with van der Waals surface area (Å²) in [7, 11) is 1.29. The molecule has 2 heterocycles. The molecule has 1 amide bonds. The summed E-state index contributed by atoms with van der Waals surface area (Å²) in [4.78, 5) is 19.4. The molecular weight excluding hydrogens is 329 g/mol. The Balaban J connectivity index is 2.21. The lowest BCUT2D eigenvalue weighted by molar-refractivity contribution is -0.270. The maximum atomic E-state index is 13.3. The van der Waals surface area contributed by atoms with Crippen LogP contribution in [0.2, 0.25) is 0 Å². The third-order valence-corrected chi connectivity index (χ3v) is 3.38. The van der Waals surface area contributed by atoms with E-state index in [0.29, 0.717) is 5.82 Å². The highest BCUT2D eigenvalue weighted by Crippen LogP contribution is 2.40. The standard InChI is InChI=1S/C13H17F3N6O2/c1-7(2)9-19-11(21-20-9)18-8(23)6-12(24,13(14,15)16)10-17-4-5-22(10)3/h4-5,7,24H,6H2,1-3H3,(H2,18,19,20,21,23). The van der Waals surface area contributed by atoms with Crippen molar-refractivity contribution in [1.82, 2.24) is 24.7 Å². The van der Waals surface area contributed by atoms with Crippen LogP contribution >= 0.6 is 0 Å². The van der Waals surface area contributed by atoms with Crippen molar-refractivity contribution in [3.63, 3.8) is 0 Å². The SMILES string of the molecule is CC(C)c1nc(NC(=O)CC(O)(c2nccn2C)C(F)(F)F)n[nH]1. The van der Waals surface area contributed by atoms with E-state index in [9.17, 15) is 23.1 Å². The lowest BCUT2D eigenvalue weighted by Gasteiger charge is -2.29. The number of alkyl halides is 3. The second-order valence-electron chi connectivity index (χ2n) is 5.64. The molecule has 11 heteroatoms. The Labute approximate surface area is 135 Å². The fraction of sp³-hybridized carbons (Fsp3) is 0.538. The number of aromatic nitrogens is 5. The highest BCUT2D eigenvalue weighted by atomic mass is 19.4. The van der Waals surface area contributed by atoms with Crippen LogP contribution in [0.25, 0.3) is 0 Å². The number of rotatable bonds is 5. The number of aliphatic hydroxyl groups is 1. The predicted octanol–water partition coefficient (Wildman–Crippen LogP) is 1.44. The third kappa shape index (κ3) is 3.40. The monoisotopic (exact) mass is 346 g/mol. The minimum Gasteiger partial charge on any atom is -0.374 e. The largest absolute Gasteiger partial charge is 0.425 e. The topological polar surface area (TPSA) is 109 Å². The van der Waals surface area contributed by atoms with Gasteiger partial charge in [-0.15, -0.1) is 5.10 Å². The van der Waals surface area contributed by atoms with Gasteiger partial charge in [0.2, 0.25) is 17.5 Å². The van der Waals surface area contributed by atoms with Gasteiger partial charge in [0.15, 0.2) is 5.82 Å². The smallest absolute Gasteiger partial charge is 0.374 e. The molecule has 0 spiro atoms. The number of H-pyrrole nitrogens is 1. The second-order valence-corrected chi connectivity index (χ2v) is 5.64. The summed E-state index contributed by atoms with van der Waals surface area (Å²) in [6.07, 6.45) is -4.01. The predicted molar refractivity (Wildman–Crippen MR) is 76.9 cm³/mol. The van der Waals surface area contributed by atoms with Gasteiger partial charge in [0, 0.05) is 25.4 Å². The zero-order valence-corrected chi connectivity index (χ0v) is 13.2. The first-order valence-electron chi connectivity index (χ1n) is 7.03. The van der Waals surface area contributed by atoms with Crippen molar-refractivity contribution in [1.29, 1.82) is 0 Å². The molecule has 2 aromatic heterocycles. The summed E-state index contributed by atoms with van der Waals surface area (Å²) < 4.78 is 41.0. The fourth-order valence-corrected chi connectivity index (χ4v) is 2.06. The van der Waals surface area contributed by atoms with Crippen molar-refractivity contribution < 1.29 is 23.1 Å². The molecule has 1 unspecified atom stereocenters. The quantitative estimate of drug-likeness (QED) is 0.759. The Morgan fingerprint density at radius 2 is 2.12 bits per heavy atom. The number of hydrogen-bond donors (Lipinski definition) is 3. The Kier molecular flexibility index (Phi) is 4.65. The van der Waals surface area contributed by atoms with E-state index in [1.54, 1.807) is 0 Å². The van der Waals surface area contributed by atoms with Crippen molar-refractivity contribution in [2.24, 2.45) is 7.05 Å². The van der Waals surface area contributed by atoms with E-state index in [2.05, 4.69) is 25.5 Å². The minimum atomic E-state index is -5.09. The second kappa shape index (κ2) is 6.23. The zero-order chi connectivity index (χ0) is 18.1. The lowest BCUT2D eigenvalue weighted by Crippen LogP contribution is -2.46. The normalized spacial score (nSPS) is 14.7. The number of carbonyl (C=O) groups excluding carboxylic acids is 1. The van der Waals surface area contributed by atoms with Crippen LogP contribution in [-0.4, -0.2) is 41.9 Å². The number of nitrogens with one attached hydrogen (secondary N) is 2. The summed E-state index contributed by atoms with van der Waals surface area (Å²) in [5.74, 6) is -1.45. The highest BCUT2D eigenvalue weighted by molar-refractivity contribution is 5.89. The van der Waals surface area contributed by atoms with Crippen molar-refractivity contribution in [3.05, 3.63) is 24.0 Å². The maximum Gasteiger partial charge on any atom is 0.425 e. The molecule has 0 aliphatic carbocycles. The number of hydrogen-bond acceptors (Lipinski definition) is 5. The molecule has 0 saturated carbocycles. The van der Waals surface area contributed by atoms with E-state index in [0.717, 1.165) is 10.8 Å². The summed E-state index contributed by atoms with van der Waals surface area (Å²) in [6.45, 7) is 3.66. The van der Waals surface area contributed by atoms with E-state index in [1.807, 2.05) is 13.8 Å². The molecule has 0 aliphatic heterocycles. The molecule has 0 radical (unpaired) electrons. The third-order valence-electron chi connectivity index (χ3n) is 3.38. The molecule has 2 aromatic rings. The van der Waals surface area contributed by atoms with E-state index < -0.39 is 29.9 Å². The zero-order valence-electron chi connectivity index (χ0n) is 13.2. The molecule has 2 rings (SSSR count). The average molecular weight is 346 g/mol. The summed E-state index contributed by atoms with van der Waals surface area (Å²) in [6, 6.07) is 0. The van der Waals surface area contributed by atoms with Crippen molar-refractivity contribution in [2.75, 3.05) is 5.32 Å². The van der Waals surface area contributed by atoms with Crippen LogP contribution < -0.4 is 5.32 Å². The van der Waals surface area contributed by atoms with Gasteiger partial charge in [-0.1, -0.05) is 13.8 Å². The van der Waals surface area contributed by atoms with Crippen LogP contribution in [0, 0.1) is 0 Å². The number of carbonyl (C=O) groups is 1. The van der Waals surface area contributed by atoms with Crippen LogP contribution in [0.5, 0.6) is 0 Å². The molecule has 3 N–H and O–H groups in total. The van der Waals surface area contributed by atoms with Crippen LogP contribution in [0.15, 0.2) is 12.4 Å². The molecule has 0 aromatic carbocycles. The number of aromatic amines is 1. The van der Waals surface area contributed by atoms with Crippen LogP contribution in [0.4, 0.5) is 19.1 Å². The van der Waals surface area contributed by atoms with Crippen LogP contribution in [0.1, 0.15) is 37.8 Å².